The van der Waals surface area contributed by atoms with Crippen LogP contribution in [-0.4, -0.2) is 52.7 Å². The van der Waals surface area contributed by atoms with Gasteiger partial charge in [-0.2, -0.15) is 0 Å². The van der Waals surface area contributed by atoms with Gasteiger partial charge in [-0.15, -0.1) is 0 Å². The molecule has 0 radical (unpaired) electrons. The fraction of sp³-hybridized carbons (Fsp3) is 0.643. The maximum atomic E-state index is 12.3. The van der Waals surface area contributed by atoms with Crippen LogP contribution in [0.25, 0.3) is 0 Å². The van der Waals surface area contributed by atoms with E-state index < -0.39 is 0 Å². The molecule has 0 saturated carbocycles. The number of nitrogens with one attached hydrogen (secondary N) is 2. The third-order valence-corrected chi connectivity index (χ3v) is 3.95. The van der Waals surface area contributed by atoms with E-state index >= 15 is 0 Å². The minimum Gasteiger partial charge on any atom is -0.370 e. The lowest BCUT2D eigenvalue weighted by Gasteiger charge is -2.21. The van der Waals surface area contributed by atoms with Crippen LogP contribution in [0, 0.1) is 0 Å². The van der Waals surface area contributed by atoms with Crippen molar-refractivity contribution in [2.24, 2.45) is 0 Å². The molecule has 116 valence electrons. The molecule has 1 saturated heterocycles. The smallest absolute Gasteiger partial charge is 0.244 e. The van der Waals surface area contributed by atoms with E-state index in [9.17, 15) is 4.79 Å². The lowest BCUT2D eigenvalue weighted by Crippen LogP contribution is -2.39. The Bertz CT molecular complexity index is 490. The number of aromatic nitrogens is 2. The van der Waals surface area contributed by atoms with Crippen molar-refractivity contribution in [3.63, 3.8) is 0 Å². The van der Waals surface area contributed by atoms with Crippen LogP contribution >= 0.6 is 11.8 Å². The average molecular weight is 309 g/mol. The van der Waals surface area contributed by atoms with E-state index in [2.05, 4.69) is 20.6 Å². The highest BCUT2D eigenvalue weighted by Crippen LogP contribution is 2.18. The van der Waals surface area contributed by atoms with E-state index in [4.69, 9.17) is 0 Å². The van der Waals surface area contributed by atoms with Crippen molar-refractivity contribution in [3.8, 4) is 0 Å². The minimum atomic E-state index is -0.276. The summed E-state index contributed by atoms with van der Waals surface area (Å²) in [5.74, 6) is 1.60. The van der Waals surface area contributed by atoms with Crippen LogP contribution in [0.2, 0.25) is 0 Å². The summed E-state index contributed by atoms with van der Waals surface area (Å²) in [4.78, 5) is 23.0. The van der Waals surface area contributed by atoms with Gasteiger partial charge in [0, 0.05) is 25.7 Å². The average Bonchev–Trinajstić information content (AvgIpc) is 3.00. The number of hydrogen-bond acceptors (Lipinski definition) is 6. The van der Waals surface area contributed by atoms with Crippen LogP contribution in [0.1, 0.15) is 26.7 Å². The summed E-state index contributed by atoms with van der Waals surface area (Å²) >= 11 is 1.49. The van der Waals surface area contributed by atoms with Crippen molar-refractivity contribution in [1.29, 1.82) is 0 Å². The Hall–Kier alpha value is -1.50. The molecule has 21 heavy (non-hydrogen) atoms. The Morgan fingerprint density at radius 2 is 2.05 bits per heavy atom. The van der Waals surface area contributed by atoms with Crippen LogP contribution in [0.15, 0.2) is 11.2 Å². The van der Waals surface area contributed by atoms with Gasteiger partial charge >= 0.3 is 0 Å². The Morgan fingerprint density at radius 1 is 1.38 bits per heavy atom. The minimum absolute atomic E-state index is 0.141. The van der Waals surface area contributed by atoms with Crippen molar-refractivity contribution in [1.82, 2.24) is 14.9 Å². The van der Waals surface area contributed by atoms with Crippen molar-refractivity contribution >= 4 is 29.3 Å². The van der Waals surface area contributed by atoms with Gasteiger partial charge in [0.15, 0.2) is 5.16 Å². The molecule has 1 atom stereocenters. The molecule has 1 aliphatic heterocycles. The second-order valence-electron chi connectivity index (χ2n) is 5.05. The first kappa shape index (κ1) is 15.9. The molecule has 0 aliphatic carbocycles. The summed E-state index contributed by atoms with van der Waals surface area (Å²) in [5.41, 5.74) is 0. The third-order valence-electron chi connectivity index (χ3n) is 3.40. The number of likely N-dealkylation sites (tertiary alicyclic amines) is 1. The van der Waals surface area contributed by atoms with Gasteiger partial charge in [-0.3, -0.25) is 4.79 Å². The second-order valence-corrected chi connectivity index (χ2v) is 5.83. The highest BCUT2D eigenvalue weighted by molar-refractivity contribution is 7.98. The van der Waals surface area contributed by atoms with Gasteiger partial charge in [-0.25, -0.2) is 9.97 Å². The number of nitrogens with zero attached hydrogens (tertiary/aromatic N) is 3. The predicted octanol–water partition coefficient (Wildman–Crippen LogP) is 2.05. The van der Waals surface area contributed by atoms with Gasteiger partial charge in [0.1, 0.15) is 17.7 Å². The first-order valence-electron chi connectivity index (χ1n) is 7.36. The van der Waals surface area contributed by atoms with Crippen molar-refractivity contribution in [2.45, 2.75) is 37.9 Å². The topological polar surface area (TPSA) is 70.2 Å². The normalized spacial score (nSPS) is 15.9. The number of anilines is 2. The van der Waals surface area contributed by atoms with Crippen LogP contribution in [0.3, 0.4) is 0 Å². The molecule has 6 nitrogen and oxygen atoms in total. The highest BCUT2D eigenvalue weighted by atomic mass is 32.2. The quantitative estimate of drug-likeness (QED) is 0.619. The van der Waals surface area contributed by atoms with Crippen LogP contribution in [0.5, 0.6) is 0 Å². The summed E-state index contributed by atoms with van der Waals surface area (Å²) in [6.45, 7) is 6.44. The second kappa shape index (κ2) is 7.49. The van der Waals surface area contributed by atoms with E-state index in [0.717, 1.165) is 38.3 Å². The van der Waals surface area contributed by atoms with Crippen LogP contribution in [-0.2, 0) is 4.79 Å². The lowest BCUT2D eigenvalue weighted by molar-refractivity contribution is -0.130. The largest absolute Gasteiger partial charge is 0.370 e. The fourth-order valence-electron chi connectivity index (χ4n) is 2.36. The van der Waals surface area contributed by atoms with Gasteiger partial charge in [0.25, 0.3) is 0 Å². The van der Waals surface area contributed by atoms with Crippen molar-refractivity contribution < 1.29 is 4.79 Å². The predicted molar refractivity (Wildman–Crippen MR) is 86.9 cm³/mol. The van der Waals surface area contributed by atoms with E-state index in [1.165, 1.54) is 11.8 Å². The molecule has 2 rings (SSSR count). The number of hydrogen-bond donors (Lipinski definition) is 2. The number of rotatable bonds is 6. The zero-order valence-corrected chi connectivity index (χ0v) is 13.7. The Morgan fingerprint density at radius 3 is 2.67 bits per heavy atom. The van der Waals surface area contributed by atoms with Gasteiger partial charge in [0.05, 0.1) is 0 Å². The molecule has 0 spiro atoms. The van der Waals surface area contributed by atoms with E-state index in [1.54, 1.807) is 0 Å². The van der Waals surface area contributed by atoms with Crippen molar-refractivity contribution in [2.75, 3.05) is 36.5 Å². The zero-order valence-electron chi connectivity index (χ0n) is 12.8. The maximum absolute atomic E-state index is 12.3. The fourth-order valence-corrected chi connectivity index (χ4v) is 2.74. The molecule has 1 amide bonds. The van der Waals surface area contributed by atoms with E-state index in [-0.39, 0.29) is 11.9 Å². The molecule has 2 heterocycles. The van der Waals surface area contributed by atoms with Crippen molar-refractivity contribution in [3.05, 3.63) is 6.07 Å². The standard InChI is InChI=1S/C14H23N5OS/c1-4-15-11-9-12(18-14(17-11)21-3)16-10(2)13(20)19-7-5-6-8-19/h9-10H,4-8H2,1-3H3,(H2,15,16,17,18). The van der Waals surface area contributed by atoms with E-state index in [0.29, 0.717) is 11.0 Å². The molecule has 1 aromatic heterocycles. The molecule has 0 aromatic carbocycles. The van der Waals surface area contributed by atoms with Gasteiger partial charge in [0.2, 0.25) is 5.91 Å². The summed E-state index contributed by atoms with van der Waals surface area (Å²) in [5, 5.41) is 7.07. The lowest BCUT2D eigenvalue weighted by atomic mass is 10.3. The third kappa shape index (κ3) is 4.23. The molecular formula is C14H23N5OS. The summed E-state index contributed by atoms with van der Waals surface area (Å²) < 4.78 is 0. The highest BCUT2D eigenvalue weighted by Gasteiger charge is 2.23. The molecule has 2 N–H and O–H groups in total. The summed E-state index contributed by atoms with van der Waals surface area (Å²) in [7, 11) is 0. The molecule has 1 fully saturated rings. The first-order chi connectivity index (χ1) is 10.1. The summed E-state index contributed by atoms with van der Waals surface area (Å²) in [6.07, 6.45) is 4.15. The Labute approximate surface area is 130 Å². The number of thioether (sulfide) groups is 1. The van der Waals surface area contributed by atoms with Gasteiger partial charge in [-0.1, -0.05) is 11.8 Å². The summed E-state index contributed by atoms with van der Waals surface area (Å²) in [6, 6.07) is 1.57. The molecule has 1 unspecified atom stereocenters. The number of carbonyl (C=O) groups is 1. The molecule has 7 heteroatoms. The van der Waals surface area contributed by atoms with Crippen LogP contribution in [0.4, 0.5) is 11.6 Å². The SMILES string of the molecule is CCNc1cc(NC(C)C(=O)N2CCCC2)nc(SC)n1. The number of amides is 1. The molecule has 1 aromatic rings. The molecular weight excluding hydrogens is 286 g/mol. The van der Waals surface area contributed by atoms with E-state index in [1.807, 2.05) is 31.1 Å². The maximum Gasteiger partial charge on any atom is 0.244 e. The van der Waals surface area contributed by atoms with Crippen LogP contribution < -0.4 is 10.6 Å². The van der Waals surface area contributed by atoms with Gasteiger partial charge in [-0.05, 0) is 32.9 Å². The zero-order chi connectivity index (χ0) is 15.2. The Balaban J connectivity index is 2.06. The first-order valence-corrected chi connectivity index (χ1v) is 8.58. The monoisotopic (exact) mass is 309 g/mol. The van der Waals surface area contributed by atoms with Gasteiger partial charge < -0.3 is 15.5 Å². The molecule has 0 bridgehead atoms. The Kier molecular flexibility index (Phi) is 5.67. The number of carbonyl (C=O) groups excluding carboxylic acids is 1. The molecule has 1 aliphatic rings.